The Morgan fingerprint density at radius 1 is 0.906 bits per heavy atom. The summed E-state index contributed by atoms with van der Waals surface area (Å²) in [6.45, 7) is 1.65. The summed E-state index contributed by atoms with van der Waals surface area (Å²) >= 11 is 0. The highest BCUT2D eigenvalue weighted by molar-refractivity contribution is 5.89. The fraction of sp³-hybridized carbons (Fsp3) is 0.304. The van der Waals surface area contributed by atoms with Crippen LogP contribution >= 0.6 is 0 Å². The highest BCUT2D eigenvalue weighted by atomic mass is 16.5. The van der Waals surface area contributed by atoms with Gasteiger partial charge in [-0.15, -0.1) is 0 Å². The van der Waals surface area contributed by atoms with Gasteiger partial charge in [0.1, 0.15) is 17.6 Å². The first kappa shape index (κ1) is 24.5. The van der Waals surface area contributed by atoms with Crippen molar-refractivity contribution < 1.29 is 38.7 Å². The van der Waals surface area contributed by atoms with Crippen LogP contribution in [0.3, 0.4) is 0 Å². The smallest absolute Gasteiger partial charge is 0.328 e. The topological polar surface area (TPSA) is 124 Å². The molecule has 2 aromatic carbocycles. The Morgan fingerprint density at radius 3 is 2.00 bits per heavy atom. The summed E-state index contributed by atoms with van der Waals surface area (Å²) in [6, 6.07) is 11.7. The van der Waals surface area contributed by atoms with Gasteiger partial charge in [0.2, 0.25) is 0 Å². The van der Waals surface area contributed by atoms with Crippen molar-refractivity contribution in [2.24, 2.45) is 0 Å². The molecule has 9 heteroatoms. The van der Waals surface area contributed by atoms with Crippen LogP contribution in [0.1, 0.15) is 17.2 Å². The molecule has 1 heterocycles. The minimum absolute atomic E-state index is 0.0873. The highest BCUT2D eigenvalue weighted by Gasteiger charge is 2.23. The Kier molecular flexibility index (Phi) is 9.37. The second-order valence-electron chi connectivity index (χ2n) is 6.65. The predicted molar refractivity (Wildman–Crippen MR) is 117 cm³/mol. The molecule has 32 heavy (non-hydrogen) atoms. The molecule has 0 bridgehead atoms. The molecule has 2 aromatic rings. The van der Waals surface area contributed by atoms with E-state index in [9.17, 15) is 9.59 Å². The molecule has 3 rings (SSSR count). The van der Waals surface area contributed by atoms with Crippen molar-refractivity contribution in [2.75, 3.05) is 34.4 Å². The Morgan fingerprint density at radius 2 is 1.47 bits per heavy atom. The van der Waals surface area contributed by atoms with Crippen molar-refractivity contribution in [3.8, 4) is 23.0 Å². The highest BCUT2D eigenvalue weighted by Crippen LogP contribution is 2.36. The fourth-order valence-electron chi connectivity index (χ4n) is 3.09. The van der Waals surface area contributed by atoms with E-state index < -0.39 is 11.9 Å². The van der Waals surface area contributed by atoms with Crippen LogP contribution in [0.4, 0.5) is 0 Å². The third-order valence-corrected chi connectivity index (χ3v) is 4.60. The van der Waals surface area contributed by atoms with Gasteiger partial charge in [0, 0.05) is 24.3 Å². The summed E-state index contributed by atoms with van der Waals surface area (Å²) < 4.78 is 22.3. The van der Waals surface area contributed by atoms with E-state index in [0.29, 0.717) is 12.2 Å². The van der Waals surface area contributed by atoms with Gasteiger partial charge in [-0.05, 0) is 54.9 Å². The van der Waals surface area contributed by atoms with Gasteiger partial charge in [0.25, 0.3) is 0 Å². The van der Waals surface area contributed by atoms with E-state index in [1.54, 1.807) is 21.3 Å². The molecule has 1 unspecified atom stereocenters. The second-order valence-corrected chi connectivity index (χ2v) is 6.65. The van der Waals surface area contributed by atoms with Crippen LogP contribution in [0.15, 0.2) is 48.6 Å². The first-order valence-corrected chi connectivity index (χ1v) is 9.78. The molecule has 9 nitrogen and oxygen atoms in total. The van der Waals surface area contributed by atoms with Crippen LogP contribution < -0.4 is 24.3 Å². The van der Waals surface area contributed by atoms with E-state index in [2.05, 4.69) is 5.32 Å². The zero-order chi connectivity index (χ0) is 23.5. The number of hydrogen-bond donors (Lipinski definition) is 3. The lowest BCUT2D eigenvalue weighted by Gasteiger charge is -2.21. The second kappa shape index (κ2) is 12.2. The molecule has 1 atom stereocenters. The monoisotopic (exact) mass is 445 g/mol. The van der Waals surface area contributed by atoms with E-state index >= 15 is 0 Å². The van der Waals surface area contributed by atoms with Crippen molar-refractivity contribution >= 4 is 11.9 Å². The third kappa shape index (κ3) is 7.21. The van der Waals surface area contributed by atoms with Crippen molar-refractivity contribution in [1.82, 2.24) is 5.32 Å². The molecular formula is C23H27NO8. The Hall–Kier alpha value is -3.72. The average molecular weight is 445 g/mol. The number of methoxy groups -OCH3 is 3. The molecule has 0 saturated carbocycles. The number of hydrogen-bond acceptors (Lipinski definition) is 7. The zero-order valence-corrected chi connectivity index (χ0v) is 18.2. The maximum atomic E-state index is 9.55. The number of carbonyl (C=O) groups is 2. The van der Waals surface area contributed by atoms with Gasteiger partial charge in [0.05, 0.1) is 21.3 Å². The van der Waals surface area contributed by atoms with Crippen molar-refractivity contribution in [1.29, 1.82) is 0 Å². The number of benzene rings is 2. The first-order valence-electron chi connectivity index (χ1n) is 9.78. The summed E-state index contributed by atoms with van der Waals surface area (Å²) in [5.74, 6) is 0.584. The lowest BCUT2D eigenvalue weighted by atomic mass is 10.00. The van der Waals surface area contributed by atoms with Crippen LogP contribution in [-0.4, -0.2) is 56.6 Å². The lowest BCUT2D eigenvalue weighted by Crippen LogP contribution is -2.23. The number of ether oxygens (including phenoxy) is 4. The molecule has 1 aliphatic heterocycles. The van der Waals surface area contributed by atoms with Crippen LogP contribution in [0, 0.1) is 0 Å². The molecule has 0 radical (unpaired) electrons. The fourth-order valence-corrected chi connectivity index (χ4v) is 3.09. The van der Waals surface area contributed by atoms with Gasteiger partial charge >= 0.3 is 11.9 Å². The number of carboxylic acid groups (broad SMARTS) is 2. The van der Waals surface area contributed by atoms with Crippen LogP contribution in [0.25, 0.3) is 0 Å². The van der Waals surface area contributed by atoms with Crippen LogP contribution in [0.2, 0.25) is 0 Å². The lowest BCUT2D eigenvalue weighted by molar-refractivity contribution is -0.134. The normalized spacial score (nSPS) is 14.9. The van der Waals surface area contributed by atoms with Crippen molar-refractivity contribution in [3.05, 3.63) is 59.7 Å². The van der Waals surface area contributed by atoms with Crippen molar-refractivity contribution in [2.45, 2.75) is 12.5 Å². The van der Waals surface area contributed by atoms with Gasteiger partial charge in [0.15, 0.2) is 11.5 Å². The average Bonchev–Trinajstić information content (AvgIpc) is 2.99. The van der Waals surface area contributed by atoms with Gasteiger partial charge in [-0.3, -0.25) is 0 Å². The molecule has 0 amide bonds. The number of nitrogens with one attached hydrogen (secondary N) is 1. The minimum atomic E-state index is -1.26. The van der Waals surface area contributed by atoms with Gasteiger partial charge in [-0.25, -0.2) is 9.59 Å². The molecule has 3 N–H and O–H groups in total. The van der Waals surface area contributed by atoms with Crippen LogP contribution in [-0.2, 0) is 16.0 Å². The maximum absolute atomic E-state index is 9.55. The van der Waals surface area contributed by atoms with E-state index in [1.165, 1.54) is 5.56 Å². The third-order valence-electron chi connectivity index (χ3n) is 4.60. The zero-order valence-electron chi connectivity index (χ0n) is 18.2. The number of rotatable bonds is 7. The molecule has 0 aromatic heterocycles. The Bertz CT molecular complexity index is 924. The van der Waals surface area contributed by atoms with Gasteiger partial charge < -0.3 is 34.5 Å². The predicted octanol–water partition coefficient (Wildman–Crippen LogP) is 2.69. The van der Waals surface area contributed by atoms with E-state index in [1.807, 2.05) is 36.4 Å². The molecule has 0 saturated heterocycles. The summed E-state index contributed by atoms with van der Waals surface area (Å²) in [5, 5.41) is 19.1. The van der Waals surface area contributed by atoms with E-state index in [0.717, 1.165) is 48.1 Å². The minimum Gasteiger partial charge on any atom is -0.497 e. The van der Waals surface area contributed by atoms with E-state index in [4.69, 9.17) is 29.2 Å². The Labute approximate surface area is 186 Å². The molecule has 0 fully saturated rings. The van der Waals surface area contributed by atoms with E-state index in [-0.39, 0.29) is 6.10 Å². The van der Waals surface area contributed by atoms with Gasteiger partial charge in [-0.2, -0.15) is 0 Å². The summed E-state index contributed by atoms with van der Waals surface area (Å²) in [5.41, 5.74) is 2.35. The number of carboxylic acids is 2. The summed E-state index contributed by atoms with van der Waals surface area (Å²) in [7, 11) is 4.96. The molecule has 1 aliphatic rings. The number of fused-ring (bicyclic) bond motifs is 1. The summed E-state index contributed by atoms with van der Waals surface area (Å²) in [4.78, 5) is 19.1. The molecule has 0 aliphatic carbocycles. The van der Waals surface area contributed by atoms with Crippen molar-refractivity contribution in [3.63, 3.8) is 0 Å². The number of aliphatic carboxylic acids is 2. The Balaban J connectivity index is 0.000000390. The van der Waals surface area contributed by atoms with Crippen LogP contribution in [0.5, 0.6) is 23.0 Å². The SMILES string of the molecule is COc1ccc(OC2CNCCc3cc(OC)c(OC)cc32)cc1.O=C(O)/C=C\C(=O)O. The largest absolute Gasteiger partial charge is 0.497 e. The standard InChI is InChI=1S/C19H23NO4.C4H4O4/c1-21-14-4-6-15(7-5-14)24-19-12-20-9-8-13-10-17(22-2)18(23-3)11-16(13)19;5-3(6)1-2-4(7)8/h4-7,10-11,19-20H,8-9,12H2,1-3H3;1-2H,(H,5,6)(H,7,8)/b;2-1-. The first-order chi connectivity index (χ1) is 15.4. The molecule has 172 valence electrons. The molecule has 0 spiro atoms. The molecular weight excluding hydrogens is 418 g/mol. The maximum Gasteiger partial charge on any atom is 0.328 e. The van der Waals surface area contributed by atoms with Gasteiger partial charge in [-0.1, -0.05) is 0 Å². The summed E-state index contributed by atoms with van der Waals surface area (Å²) in [6.07, 6.45) is 1.96. The quantitative estimate of drug-likeness (QED) is 0.552.